The van der Waals surface area contributed by atoms with Crippen LogP contribution in [-0.2, 0) is 13.0 Å². The standard InChI is InChI=1S/C18H17N3O2/c22-11-15(23)9-21-10-18(19-20-21)13-5-6-17-14(8-13)7-12-3-1-2-4-16(12)17/h1-6,8,10,15,22-23H,7,9,11H2/t15-/m1/s1. The molecule has 0 saturated heterocycles. The molecule has 2 aromatic carbocycles. The van der Waals surface area contributed by atoms with E-state index < -0.39 is 6.10 Å². The van der Waals surface area contributed by atoms with E-state index in [1.54, 1.807) is 10.9 Å². The van der Waals surface area contributed by atoms with Gasteiger partial charge in [-0.05, 0) is 34.7 Å². The zero-order valence-electron chi connectivity index (χ0n) is 12.6. The predicted molar refractivity (Wildman–Crippen MR) is 86.8 cm³/mol. The van der Waals surface area contributed by atoms with Gasteiger partial charge in [0.25, 0.3) is 0 Å². The predicted octanol–water partition coefficient (Wildman–Crippen LogP) is 1.87. The minimum absolute atomic E-state index is 0.236. The van der Waals surface area contributed by atoms with Crippen LogP contribution in [0.4, 0.5) is 0 Å². The number of aromatic nitrogens is 3. The molecule has 5 heteroatoms. The first kappa shape index (κ1) is 14.1. The van der Waals surface area contributed by atoms with Crippen molar-refractivity contribution >= 4 is 0 Å². The fourth-order valence-electron chi connectivity index (χ4n) is 3.10. The van der Waals surface area contributed by atoms with E-state index in [-0.39, 0.29) is 13.2 Å². The van der Waals surface area contributed by atoms with E-state index in [0.29, 0.717) is 0 Å². The third kappa shape index (κ3) is 2.54. The van der Waals surface area contributed by atoms with Crippen LogP contribution >= 0.6 is 0 Å². The molecule has 0 fully saturated rings. The lowest BCUT2D eigenvalue weighted by Gasteiger charge is -2.05. The monoisotopic (exact) mass is 307 g/mol. The molecule has 1 heterocycles. The van der Waals surface area contributed by atoms with Crippen molar-refractivity contribution in [3.8, 4) is 22.4 Å². The smallest absolute Gasteiger partial charge is 0.113 e. The van der Waals surface area contributed by atoms with Gasteiger partial charge in [0.1, 0.15) is 5.69 Å². The highest BCUT2D eigenvalue weighted by atomic mass is 16.3. The van der Waals surface area contributed by atoms with Crippen LogP contribution in [0.1, 0.15) is 11.1 Å². The van der Waals surface area contributed by atoms with Crippen LogP contribution in [0.15, 0.2) is 48.7 Å². The Hall–Kier alpha value is -2.50. The minimum atomic E-state index is -0.820. The maximum absolute atomic E-state index is 9.48. The molecule has 1 atom stereocenters. The van der Waals surface area contributed by atoms with E-state index in [9.17, 15) is 5.11 Å². The number of hydrogen-bond acceptors (Lipinski definition) is 4. The molecule has 0 bridgehead atoms. The molecule has 0 amide bonds. The highest BCUT2D eigenvalue weighted by molar-refractivity contribution is 5.79. The zero-order chi connectivity index (χ0) is 15.8. The maximum Gasteiger partial charge on any atom is 0.113 e. The van der Waals surface area contributed by atoms with Gasteiger partial charge in [-0.3, -0.25) is 0 Å². The summed E-state index contributed by atoms with van der Waals surface area (Å²) in [4.78, 5) is 0. The van der Waals surface area contributed by atoms with E-state index in [1.807, 2.05) is 0 Å². The van der Waals surface area contributed by atoms with Gasteiger partial charge < -0.3 is 10.2 Å². The molecule has 1 aromatic heterocycles. The van der Waals surface area contributed by atoms with Crippen LogP contribution in [0, 0.1) is 0 Å². The van der Waals surface area contributed by atoms with E-state index in [4.69, 9.17) is 5.11 Å². The SMILES string of the molecule is OC[C@H](O)Cn1cc(-c2ccc3c(c2)Cc2ccccc2-3)nn1. The molecule has 1 aliphatic rings. The highest BCUT2D eigenvalue weighted by Gasteiger charge is 2.18. The van der Waals surface area contributed by atoms with Gasteiger partial charge in [0.2, 0.25) is 0 Å². The third-order valence-electron chi connectivity index (χ3n) is 4.24. The largest absolute Gasteiger partial charge is 0.394 e. The van der Waals surface area contributed by atoms with Crippen LogP contribution in [-0.4, -0.2) is 37.9 Å². The van der Waals surface area contributed by atoms with Crippen LogP contribution in [0.5, 0.6) is 0 Å². The molecule has 0 saturated carbocycles. The van der Waals surface area contributed by atoms with Crippen molar-refractivity contribution in [1.82, 2.24) is 15.0 Å². The second-order valence-electron chi connectivity index (χ2n) is 5.87. The molecule has 5 nitrogen and oxygen atoms in total. The second-order valence-corrected chi connectivity index (χ2v) is 5.87. The quantitative estimate of drug-likeness (QED) is 0.604. The lowest BCUT2D eigenvalue weighted by molar-refractivity contribution is 0.0778. The van der Waals surface area contributed by atoms with Crippen molar-refractivity contribution < 1.29 is 10.2 Å². The van der Waals surface area contributed by atoms with E-state index in [0.717, 1.165) is 17.7 Å². The molecule has 0 unspecified atom stereocenters. The van der Waals surface area contributed by atoms with Crippen LogP contribution in [0.2, 0.25) is 0 Å². The Kier molecular flexibility index (Phi) is 3.44. The Balaban J connectivity index is 1.64. The molecule has 0 radical (unpaired) electrons. The van der Waals surface area contributed by atoms with Gasteiger partial charge in [0, 0.05) is 5.56 Å². The van der Waals surface area contributed by atoms with Gasteiger partial charge in [-0.2, -0.15) is 0 Å². The molecular weight excluding hydrogens is 290 g/mol. The average molecular weight is 307 g/mol. The van der Waals surface area contributed by atoms with Crippen molar-refractivity contribution in [2.75, 3.05) is 6.61 Å². The normalized spacial score (nSPS) is 13.7. The minimum Gasteiger partial charge on any atom is -0.394 e. The van der Waals surface area contributed by atoms with Gasteiger partial charge in [-0.1, -0.05) is 41.6 Å². The third-order valence-corrected chi connectivity index (χ3v) is 4.24. The summed E-state index contributed by atoms with van der Waals surface area (Å²) in [5.74, 6) is 0. The number of aliphatic hydroxyl groups excluding tert-OH is 2. The second kappa shape index (κ2) is 5.61. The van der Waals surface area contributed by atoms with Gasteiger partial charge in [-0.25, -0.2) is 4.68 Å². The van der Waals surface area contributed by atoms with Gasteiger partial charge >= 0.3 is 0 Å². The number of fused-ring (bicyclic) bond motifs is 3. The Labute approximate surface area is 133 Å². The first-order valence-corrected chi connectivity index (χ1v) is 7.65. The Morgan fingerprint density at radius 2 is 1.91 bits per heavy atom. The molecule has 1 aliphatic carbocycles. The summed E-state index contributed by atoms with van der Waals surface area (Å²) in [6.07, 6.45) is 1.92. The fraction of sp³-hybridized carbons (Fsp3) is 0.222. The number of benzene rings is 2. The molecule has 0 aliphatic heterocycles. The molecular formula is C18H17N3O2. The summed E-state index contributed by atoms with van der Waals surface area (Å²) in [6, 6.07) is 14.8. The molecule has 4 rings (SSSR count). The Morgan fingerprint density at radius 1 is 1.09 bits per heavy atom. The van der Waals surface area contributed by atoms with E-state index >= 15 is 0 Å². The Bertz CT molecular complexity index is 857. The number of nitrogens with zero attached hydrogens (tertiary/aromatic N) is 3. The summed E-state index contributed by atoms with van der Waals surface area (Å²) in [7, 11) is 0. The molecule has 116 valence electrons. The first-order chi connectivity index (χ1) is 11.2. The van der Waals surface area contributed by atoms with E-state index in [2.05, 4.69) is 52.8 Å². The summed E-state index contributed by atoms with van der Waals surface area (Å²) >= 11 is 0. The molecule has 3 aromatic rings. The first-order valence-electron chi connectivity index (χ1n) is 7.65. The topological polar surface area (TPSA) is 71.2 Å². The van der Waals surface area contributed by atoms with Crippen molar-refractivity contribution in [3.63, 3.8) is 0 Å². The lowest BCUT2D eigenvalue weighted by atomic mass is 10.0. The number of rotatable bonds is 4. The van der Waals surface area contributed by atoms with Crippen LogP contribution < -0.4 is 0 Å². The molecule has 2 N–H and O–H groups in total. The van der Waals surface area contributed by atoms with Crippen molar-refractivity contribution in [1.29, 1.82) is 0 Å². The Morgan fingerprint density at radius 3 is 2.78 bits per heavy atom. The summed E-state index contributed by atoms with van der Waals surface area (Å²) in [6.45, 7) is -0.0494. The maximum atomic E-state index is 9.48. The van der Waals surface area contributed by atoms with Crippen molar-refractivity contribution in [2.24, 2.45) is 0 Å². The van der Waals surface area contributed by atoms with Gasteiger partial charge in [-0.15, -0.1) is 5.10 Å². The molecule has 0 spiro atoms. The van der Waals surface area contributed by atoms with Crippen molar-refractivity contribution in [2.45, 2.75) is 19.1 Å². The van der Waals surface area contributed by atoms with Crippen LogP contribution in [0.3, 0.4) is 0 Å². The highest BCUT2D eigenvalue weighted by Crippen LogP contribution is 2.38. The summed E-state index contributed by atoms with van der Waals surface area (Å²) in [5.41, 5.74) is 7.04. The van der Waals surface area contributed by atoms with Crippen molar-refractivity contribution in [3.05, 3.63) is 59.8 Å². The lowest BCUT2D eigenvalue weighted by Crippen LogP contribution is -2.20. The van der Waals surface area contributed by atoms with Gasteiger partial charge in [0.15, 0.2) is 0 Å². The fourth-order valence-corrected chi connectivity index (χ4v) is 3.10. The average Bonchev–Trinajstić information content (AvgIpc) is 3.18. The van der Waals surface area contributed by atoms with E-state index in [1.165, 1.54) is 22.3 Å². The number of hydrogen-bond donors (Lipinski definition) is 2. The summed E-state index contributed by atoms with van der Waals surface area (Å²) in [5, 5.41) is 26.6. The number of aliphatic hydroxyl groups is 2. The zero-order valence-corrected chi connectivity index (χ0v) is 12.6. The molecule has 23 heavy (non-hydrogen) atoms. The summed E-state index contributed by atoms with van der Waals surface area (Å²) < 4.78 is 1.55. The van der Waals surface area contributed by atoms with Crippen LogP contribution in [0.25, 0.3) is 22.4 Å². The van der Waals surface area contributed by atoms with Gasteiger partial charge in [0.05, 0.1) is 25.5 Å².